The van der Waals surface area contributed by atoms with E-state index in [9.17, 15) is 4.79 Å². The largest absolute Gasteiger partial charge is 0.497 e. The number of hydrogen-bond donors (Lipinski definition) is 1. The lowest BCUT2D eigenvalue weighted by atomic mass is 10.1. The summed E-state index contributed by atoms with van der Waals surface area (Å²) in [6.07, 6.45) is 1.68. The number of aryl methyl sites for hydroxylation is 2. The molecule has 5 nitrogen and oxygen atoms in total. The number of nitrogens with zero attached hydrogens (tertiary/aromatic N) is 2. The van der Waals surface area contributed by atoms with E-state index in [1.807, 2.05) is 0 Å². The van der Waals surface area contributed by atoms with Crippen LogP contribution in [0.3, 0.4) is 0 Å². The Bertz CT molecular complexity index is 1060. The van der Waals surface area contributed by atoms with E-state index in [0.29, 0.717) is 11.3 Å². The van der Waals surface area contributed by atoms with Crippen LogP contribution in [0.15, 0.2) is 52.0 Å². The molecule has 1 heterocycles. The van der Waals surface area contributed by atoms with E-state index >= 15 is 0 Å². The van der Waals surface area contributed by atoms with Gasteiger partial charge >= 0.3 is 0 Å². The number of carbonyl (C=O) groups excluding carboxylic acids is 1. The zero-order valence-electron chi connectivity index (χ0n) is 17.2. The first-order valence-electron chi connectivity index (χ1n) is 9.26. The van der Waals surface area contributed by atoms with Gasteiger partial charge in [-0.15, -0.1) is 0 Å². The number of carbonyl (C=O) groups is 1. The number of amides is 1. The number of methoxy groups -OCH3 is 1. The van der Waals surface area contributed by atoms with Gasteiger partial charge in [0.25, 0.3) is 5.91 Å². The summed E-state index contributed by atoms with van der Waals surface area (Å²) in [5, 5.41) is 4.18. The number of rotatable bonds is 5. The van der Waals surface area contributed by atoms with Gasteiger partial charge in [-0.05, 0) is 79.0 Å². The van der Waals surface area contributed by atoms with E-state index in [1.54, 1.807) is 37.6 Å². The van der Waals surface area contributed by atoms with Gasteiger partial charge in [0.15, 0.2) is 0 Å². The highest BCUT2D eigenvalue weighted by Gasteiger charge is 2.18. The summed E-state index contributed by atoms with van der Waals surface area (Å²) in [5.74, 6) is 0.427. The Labute approximate surface area is 179 Å². The second-order valence-electron chi connectivity index (χ2n) is 6.90. The van der Waals surface area contributed by atoms with Gasteiger partial charge in [-0.3, -0.25) is 4.79 Å². The normalized spacial score (nSPS) is 11.1. The number of benzene rings is 2. The summed E-state index contributed by atoms with van der Waals surface area (Å²) in [6.45, 7) is 8.34. The average Bonchev–Trinajstić information content (AvgIpc) is 2.92. The van der Waals surface area contributed by atoms with Crippen LogP contribution < -0.4 is 10.2 Å². The number of nitrogens with one attached hydrogen (secondary N) is 1. The number of hydrazone groups is 1. The number of halogens is 1. The zero-order chi connectivity index (χ0) is 21.1. The molecule has 2 aromatic carbocycles. The first-order chi connectivity index (χ1) is 13.8. The molecule has 0 bridgehead atoms. The van der Waals surface area contributed by atoms with Crippen LogP contribution in [-0.4, -0.2) is 23.8 Å². The molecule has 29 heavy (non-hydrogen) atoms. The standard InChI is InChI=1S/C23H24BrN3O2/c1-14-7-6-8-15(2)22(14)27-16(3)20(21(24)17(27)4)13-25-26-23(28)18-9-11-19(29-5)12-10-18/h6-13H,1-5H3,(H,26,28)/b25-13-. The molecule has 150 valence electrons. The van der Waals surface area contributed by atoms with Gasteiger partial charge in [0.1, 0.15) is 5.75 Å². The van der Waals surface area contributed by atoms with E-state index in [4.69, 9.17) is 4.74 Å². The number of hydrogen-bond acceptors (Lipinski definition) is 3. The molecule has 1 amide bonds. The predicted molar refractivity (Wildman–Crippen MR) is 120 cm³/mol. The molecule has 1 N–H and O–H groups in total. The van der Waals surface area contributed by atoms with Crippen molar-refractivity contribution in [2.24, 2.45) is 5.10 Å². The van der Waals surface area contributed by atoms with Gasteiger partial charge < -0.3 is 9.30 Å². The topological polar surface area (TPSA) is 55.6 Å². The van der Waals surface area contributed by atoms with Gasteiger partial charge in [0.05, 0.1) is 19.0 Å². The van der Waals surface area contributed by atoms with Gasteiger partial charge in [-0.2, -0.15) is 5.10 Å². The lowest BCUT2D eigenvalue weighted by molar-refractivity contribution is 0.0955. The van der Waals surface area contributed by atoms with Crippen molar-refractivity contribution in [2.75, 3.05) is 7.11 Å². The van der Waals surface area contributed by atoms with Crippen molar-refractivity contribution in [2.45, 2.75) is 27.7 Å². The van der Waals surface area contributed by atoms with E-state index < -0.39 is 0 Å². The smallest absolute Gasteiger partial charge is 0.271 e. The maximum absolute atomic E-state index is 12.3. The molecule has 6 heteroatoms. The average molecular weight is 454 g/mol. The van der Waals surface area contributed by atoms with Gasteiger partial charge in [-0.25, -0.2) is 5.43 Å². The third-order valence-corrected chi connectivity index (χ3v) is 5.99. The second-order valence-corrected chi connectivity index (χ2v) is 7.69. The fourth-order valence-corrected chi connectivity index (χ4v) is 4.00. The van der Waals surface area contributed by atoms with Crippen molar-refractivity contribution in [1.29, 1.82) is 0 Å². The number of ether oxygens (including phenoxy) is 1. The molecule has 0 unspecified atom stereocenters. The Morgan fingerprint density at radius 3 is 2.24 bits per heavy atom. The van der Waals surface area contributed by atoms with Crippen molar-refractivity contribution in [3.63, 3.8) is 0 Å². The van der Waals surface area contributed by atoms with Crippen LogP contribution in [0.25, 0.3) is 5.69 Å². The molecule has 0 fully saturated rings. The Balaban J connectivity index is 1.87. The zero-order valence-corrected chi connectivity index (χ0v) is 18.8. The molecular formula is C23H24BrN3O2. The van der Waals surface area contributed by atoms with Crippen LogP contribution in [0, 0.1) is 27.7 Å². The summed E-state index contributed by atoms with van der Waals surface area (Å²) in [6, 6.07) is 13.2. The molecule has 0 radical (unpaired) electrons. The number of para-hydroxylation sites is 1. The summed E-state index contributed by atoms with van der Waals surface area (Å²) in [5.41, 5.74) is 9.75. The van der Waals surface area contributed by atoms with Crippen molar-refractivity contribution in [3.05, 3.63) is 80.6 Å². The quantitative estimate of drug-likeness (QED) is 0.423. The molecule has 3 aromatic rings. The minimum absolute atomic E-state index is 0.274. The molecule has 1 aromatic heterocycles. The molecule has 3 rings (SSSR count). The van der Waals surface area contributed by atoms with Crippen LogP contribution in [0.5, 0.6) is 5.75 Å². The number of aromatic nitrogens is 1. The Morgan fingerprint density at radius 1 is 1.03 bits per heavy atom. The van der Waals surface area contributed by atoms with Crippen LogP contribution in [-0.2, 0) is 0 Å². The van der Waals surface area contributed by atoms with Gasteiger partial charge in [0, 0.05) is 27.0 Å². The highest BCUT2D eigenvalue weighted by atomic mass is 79.9. The Kier molecular flexibility index (Phi) is 6.23. The SMILES string of the molecule is COc1ccc(C(=O)N/N=C\c2c(Br)c(C)n(-c3c(C)cccc3C)c2C)cc1. The van der Waals surface area contributed by atoms with Crippen LogP contribution in [0.2, 0.25) is 0 Å². The third kappa shape index (κ3) is 4.12. The van der Waals surface area contributed by atoms with Gasteiger partial charge in [-0.1, -0.05) is 18.2 Å². The molecule has 0 spiro atoms. The maximum atomic E-state index is 12.3. The highest BCUT2D eigenvalue weighted by molar-refractivity contribution is 9.10. The fraction of sp³-hybridized carbons (Fsp3) is 0.217. The first kappa shape index (κ1) is 20.9. The van der Waals surface area contributed by atoms with Crippen molar-refractivity contribution in [1.82, 2.24) is 9.99 Å². The second kappa shape index (κ2) is 8.66. The van der Waals surface area contributed by atoms with E-state index in [0.717, 1.165) is 21.4 Å². The minimum Gasteiger partial charge on any atom is -0.497 e. The van der Waals surface area contributed by atoms with Crippen LogP contribution in [0.1, 0.15) is 38.4 Å². The lowest BCUT2D eigenvalue weighted by Crippen LogP contribution is -2.17. The molecular weight excluding hydrogens is 430 g/mol. The molecule has 0 aliphatic carbocycles. The maximum Gasteiger partial charge on any atom is 0.271 e. The fourth-order valence-electron chi connectivity index (χ4n) is 3.43. The van der Waals surface area contributed by atoms with Gasteiger partial charge in [0.2, 0.25) is 0 Å². The molecule has 0 saturated heterocycles. The molecule has 0 atom stereocenters. The van der Waals surface area contributed by atoms with E-state index in [1.165, 1.54) is 16.8 Å². The Hall–Kier alpha value is -2.86. The summed E-state index contributed by atoms with van der Waals surface area (Å²) < 4.78 is 8.29. The van der Waals surface area contributed by atoms with E-state index in [2.05, 4.69) is 76.9 Å². The lowest BCUT2D eigenvalue weighted by Gasteiger charge is -2.15. The molecule has 0 aliphatic rings. The van der Waals surface area contributed by atoms with Crippen molar-refractivity contribution in [3.8, 4) is 11.4 Å². The van der Waals surface area contributed by atoms with Crippen LogP contribution in [0.4, 0.5) is 0 Å². The van der Waals surface area contributed by atoms with Crippen LogP contribution >= 0.6 is 15.9 Å². The summed E-state index contributed by atoms with van der Waals surface area (Å²) in [4.78, 5) is 12.3. The third-order valence-electron chi connectivity index (χ3n) is 4.99. The summed E-state index contributed by atoms with van der Waals surface area (Å²) >= 11 is 3.69. The Morgan fingerprint density at radius 2 is 1.66 bits per heavy atom. The molecule has 0 saturated carbocycles. The minimum atomic E-state index is -0.274. The first-order valence-corrected chi connectivity index (χ1v) is 10.1. The highest BCUT2D eigenvalue weighted by Crippen LogP contribution is 2.32. The van der Waals surface area contributed by atoms with Crippen molar-refractivity contribution >= 4 is 28.1 Å². The van der Waals surface area contributed by atoms with E-state index in [-0.39, 0.29) is 5.91 Å². The monoisotopic (exact) mass is 453 g/mol. The predicted octanol–water partition coefficient (Wildman–Crippen LogP) is 5.25. The van der Waals surface area contributed by atoms with Crippen molar-refractivity contribution < 1.29 is 9.53 Å². The summed E-state index contributed by atoms with van der Waals surface area (Å²) in [7, 11) is 1.59. The molecule has 0 aliphatic heterocycles.